The molecule has 1 aromatic rings. The first kappa shape index (κ1) is 31.3. The Morgan fingerprint density at radius 3 is 0.886 bits per heavy atom. The first-order chi connectivity index (χ1) is 14.9. The molecule has 2 N–H and O–H groups in total. The Morgan fingerprint density at radius 1 is 0.486 bits per heavy atom. The van der Waals surface area contributed by atoms with Gasteiger partial charge < -0.3 is 10.2 Å². The van der Waals surface area contributed by atoms with E-state index in [9.17, 15) is 62.9 Å². The van der Waals surface area contributed by atoms with Gasteiger partial charge in [0.1, 0.15) is 0 Å². The Balaban J connectivity index is 4.42. The summed E-state index contributed by atoms with van der Waals surface area (Å²) in [4.78, 5) is 0. The highest BCUT2D eigenvalue weighted by molar-refractivity contribution is 5.42. The SMILES string of the molecule is CC(C)(C)C(c1cc(C(O)(C(F)(F)F)C(F)(F)F)cc(C(O)(C(F)(F)F)C(F)(F)F)c1)C(C)(C)C. The third kappa shape index (κ3) is 5.37. The highest BCUT2D eigenvalue weighted by Crippen LogP contribution is 2.56. The number of hydrogen-bond donors (Lipinski definition) is 2. The Bertz CT molecular complexity index is 811. The van der Waals surface area contributed by atoms with Crippen LogP contribution in [0.15, 0.2) is 18.2 Å². The van der Waals surface area contributed by atoms with Gasteiger partial charge in [0.25, 0.3) is 11.2 Å². The van der Waals surface area contributed by atoms with Gasteiger partial charge >= 0.3 is 24.7 Å². The zero-order valence-electron chi connectivity index (χ0n) is 19.2. The molecular weight excluding hydrogens is 512 g/mol. The lowest BCUT2D eigenvalue weighted by Crippen LogP contribution is -2.56. The minimum absolute atomic E-state index is 0.0683. The van der Waals surface area contributed by atoms with Crippen molar-refractivity contribution in [1.82, 2.24) is 0 Å². The molecule has 0 aliphatic carbocycles. The molecule has 0 radical (unpaired) electrons. The van der Waals surface area contributed by atoms with E-state index in [-0.39, 0.29) is 12.1 Å². The van der Waals surface area contributed by atoms with Gasteiger partial charge in [-0.2, -0.15) is 52.7 Å². The van der Waals surface area contributed by atoms with E-state index in [0.29, 0.717) is 0 Å². The van der Waals surface area contributed by atoms with Gasteiger partial charge in [-0.1, -0.05) is 53.7 Å². The lowest BCUT2D eigenvalue weighted by molar-refractivity contribution is -0.378. The van der Waals surface area contributed by atoms with Gasteiger partial charge in [0, 0.05) is 11.1 Å². The highest BCUT2D eigenvalue weighted by atomic mass is 19.4. The molecule has 0 saturated heterocycles. The second-order valence-corrected chi connectivity index (χ2v) is 10.4. The maximum atomic E-state index is 13.5. The molecule has 0 heterocycles. The Kier molecular flexibility index (Phi) is 7.54. The van der Waals surface area contributed by atoms with Crippen LogP contribution < -0.4 is 0 Å². The molecule has 0 aliphatic rings. The van der Waals surface area contributed by atoms with E-state index < -0.39 is 75.4 Å². The Labute approximate surface area is 192 Å². The van der Waals surface area contributed by atoms with Gasteiger partial charge in [0.2, 0.25) is 0 Å². The minimum atomic E-state index is -6.60. The summed E-state index contributed by atoms with van der Waals surface area (Å²) in [7, 11) is 0. The summed E-state index contributed by atoms with van der Waals surface area (Å²) in [5, 5.41) is 19.5. The standard InChI is InChI=1S/C21H24F12O2/c1-14(2,3)13(15(4,5)6)10-7-11(16(34,18(22,23)24)19(25,26)27)9-12(8-10)17(35,20(28,29)30)21(31,32)33/h7-9,13,34-35H,1-6H3. The Morgan fingerprint density at radius 2 is 0.714 bits per heavy atom. The minimum Gasteiger partial charge on any atom is -0.369 e. The monoisotopic (exact) mass is 536 g/mol. The molecule has 1 rings (SSSR count). The van der Waals surface area contributed by atoms with Gasteiger partial charge in [0.15, 0.2) is 0 Å². The van der Waals surface area contributed by atoms with E-state index in [2.05, 4.69) is 0 Å². The fourth-order valence-corrected chi connectivity index (χ4v) is 4.51. The van der Waals surface area contributed by atoms with Crippen molar-refractivity contribution in [1.29, 1.82) is 0 Å². The van der Waals surface area contributed by atoms with E-state index in [4.69, 9.17) is 0 Å². The molecular formula is C21H24F12O2. The molecule has 0 spiro atoms. The predicted octanol–water partition coefficient (Wildman–Crippen LogP) is 7.49. The van der Waals surface area contributed by atoms with Crippen molar-refractivity contribution in [2.75, 3.05) is 0 Å². The number of alkyl halides is 12. The average Bonchev–Trinajstić information content (AvgIpc) is 2.53. The zero-order valence-corrected chi connectivity index (χ0v) is 19.2. The maximum Gasteiger partial charge on any atom is 0.430 e. The summed E-state index contributed by atoms with van der Waals surface area (Å²) in [5.74, 6) is -1.25. The quantitative estimate of drug-likeness (QED) is 0.393. The molecule has 0 saturated carbocycles. The van der Waals surface area contributed by atoms with Crippen LogP contribution in [0.1, 0.15) is 64.2 Å². The van der Waals surface area contributed by atoms with Crippen LogP contribution in [0.2, 0.25) is 0 Å². The van der Waals surface area contributed by atoms with Crippen molar-refractivity contribution < 1.29 is 62.9 Å². The van der Waals surface area contributed by atoms with Crippen molar-refractivity contribution in [3.63, 3.8) is 0 Å². The summed E-state index contributed by atoms with van der Waals surface area (Å²) in [5.41, 5.74) is -19.5. The fraction of sp³-hybridized carbons (Fsp3) is 0.714. The second kappa shape index (κ2) is 8.42. The molecule has 0 unspecified atom stereocenters. The van der Waals surface area contributed by atoms with Crippen molar-refractivity contribution in [3.8, 4) is 0 Å². The molecule has 0 bridgehead atoms. The van der Waals surface area contributed by atoms with Crippen LogP contribution in [0.5, 0.6) is 0 Å². The van der Waals surface area contributed by atoms with E-state index in [0.717, 1.165) is 0 Å². The summed E-state index contributed by atoms with van der Waals surface area (Å²) < 4.78 is 162. The van der Waals surface area contributed by atoms with Gasteiger partial charge in [-0.05, 0) is 28.4 Å². The van der Waals surface area contributed by atoms with Crippen LogP contribution in [0, 0.1) is 10.8 Å². The van der Waals surface area contributed by atoms with Crippen LogP contribution >= 0.6 is 0 Å². The molecule has 0 aromatic heterocycles. The fourth-order valence-electron chi connectivity index (χ4n) is 4.51. The van der Waals surface area contributed by atoms with Gasteiger partial charge in [-0.3, -0.25) is 0 Å². The van der Waals surface area contributed by atoms with Crippen molar-refractivity contribution >= 4 is 0 Å². The van der Waals surface area contributed by atoms with Crippen LogP contribution in [-0.2, 0) is 11.2 Å². The molecule has 0 aliphatic heterocycles. The third-order valence-electron chi connectivity index (χ3n) is 5.50. The van der Waals surface area contributed by atoms with Crippen LogP contribution in [-0.4, -0.2) is 34.9 Å². The summed E-state index contributed by atoms with van der Waals surface area (Å²) in [6.07, 6.45) is -26.4. The number of halogens is 12. The lowest BCUT2D eigenvalue weighted by atomic mass is 9.63. The van der Waals surface area contributed by atoms with Gasteiger partial charge in [-0.15, -0.1) is 0 Å². The van der Waals surface area contributed by atoms with E-state index >= 15 is 0 Å². The molecule has 0 fully saturated rings. The summed E-state index contributed by atoms with van der Waals surface area (Å²) in [6.45, 7) is 8.47. The zero-order chi connectivity index (χ0) is 28.4. The number of aliphatic hydroxyl groups is 2. The summed E-state index contributed by atoms with van der Waals surface area (Å²) in [6, 6.07) is -0.633. The van der Waals surface area contributed by atoms with Crippen molar-refractivity contribution in [3.05, 3.63) is 34.9 Å². The third-order valence-corrected chi connectivity index (χ3v) is 5.50. The van der Waals surface area contributed by atoms with E-state index in [1.807, 2.05) is 0 Å². The van der Waals surface area contributed by atoms with Gasteiger partial charge in [0.05, 0.1) is 0 Å². The lowest BCUT2D eigenvalue weighted by Gasteiger charge is -2.43. The highest BCUT2D eigenvalue weighted by Gasteiger charge is 2.74. The normalized spacial score (nSPS) is 15.7. The summed E-state index contributed by atoms with van der Waals surface area (Å²) >= 11 is 0. The van der Waals surface area contributed by atoms with Crippen molar-refractivity contribution in [2.24, 2.45) is 10.8 Å². The molecule has 14 heteroatoms. The smallest absolute Gasteiger partial charge is 0.369 e. The van der Waals surface area contributed by atoms with Crippen LogP contribution in [0.25, 0.3) is 0 Å². The second-order valence-electron chi connectivity index (χ2n) is 10.4. The molecule has 35 heavy (non-hydrogen) atoms. The average molecular weight is 536 g/mol. The molecule has 204 valence electrons. The van der Waals surface area contributed by atoms with Crippen LogP contribution in [0.3, 0.4) is 0 Å². The van der Waals surface area contributed by atoms with Crippen molar-refractivity contribution in [2.45, 2.75) is 83.4 Å². The number of rotatable bonds is 3. The van der Waals surface area contributed by atoms with Gasteiger partial charge in [-0.25, -0.2) is 0 Å². The number of hydrogen-bond acceptors (Lipinski definition) is 2. The predicted molar refractivity (Wildman–Crippen MR) is 100 cm³/mol. The first-order valence-electron chi connectivity index (χ1n) is 9.81. The maximum absolute atomic E-state index is 13.5. The number of benzene rings is 1. The molecule has 0 atom stereocenters. The molecule has 1 aromatic carbocycles. The topological polar surface area (TPSA) is 40.5 Å². The Hall–Kier alpha value is -1.70. The van der Waals surface area contributed by atoms with E-state index in [1.54, 1.807) is 0 Å². The first-order valence-corrected chi connectivity index (χ1v) is 9.81. The molecule has 0 amide bonds. The van der Waals surface area contributed by atoms with E-state index in [1.165, 1.54) is 41.5 Å². The molecule has 2 nitrogen and oxygen atoms in total. The largest absolute Gasteiger partial charge is 0.430 e. The van der Waals surface area contributed by atoms with Crippen LogP contribution in [0.4, 0.5) is 52.7 Å².